The highest BCUT2D eigenvalue weighted by atomic mass is 15.2. The molecular weight excluding hydrogens is 190 g/mol. The second kappa shape index (κ2) is 2.91. The first-order chi connectivity index (χ1) is 7.34. The van der Waals surface area contributed by atoms with Gasteiger partial charge in [-0.15, -0.1) is 0 Å². The van der Waals surface area contributed by atoms with E-state index in [2.05, 4.69) is 31.4 Å². The van der Waals surface area contributed by atoms with Crippen LogP contribution in [-0.2, 0) is 0 Å². The number of rotatable bonds is 1. The van der Waals surface area contributed by atoms with Crippen LogP contribution < -0.4 is 0 Å². The monoisotopic (exact) mass is 199 g/mol. The van der Waals surface area contributed by atoms with Gasteiger partial charge in [0.2, 0.25) is 0 Å². The molecule has 3 aromatic rings. The minimum Gasteiger partial charge on any atom is -0.278 e. The van der Waals surface area contributed by atoms with Gasteiger partial charge in [0.1, 0.15) is 6.33 Å². The first kappa shape index (κ1) is 8.16. The molecule has 0 spiro atoms. The number of fused-ring (bicyclic) bond motifs is 1. The number of hydrogen-bond donors (Lipinski definition) is 2. The van der Waals surface area contributed by atoms with Crippen LogP contribution >= 0.6 is 0 Å². The van der Waals surface area contributed by atoms with Crippen LogP contribution in [0.1, 0.15) is 5.56 Å². The van der Waals surface area contributed by atoms with Crippen molar-refractivity contribution in [2.75, 3.05) is 0 Å². The first-order valence-electron chi connectivity index (χ1n) is 4.64. The molecule has 0 saturated heterocycles. The zero-order valence-electron chi connectivity index (χ0n) is 8.15. The van der Waals surface area contributed by atoms with E-state index in [1.165, 1.54) is 6.33 Å². The molecule has 2 aromatic heterocycles. The highest BCUT2D eigenvalue weighted by molar-refractivity contribution is 5.85. The normalized spacial score (nSPS) is 11.0. The second-order valence-corrected chi connectivity index (χ2v) is 3.46. The van der Waals surface area contributed by atoms with Gasteiger partial charge in [0.05, 0.1) is 11.7 Å². The van der Waals surface area contributed by atoms with Gasteiger partial charge in [-0.3, -0.25) is 10.2 Å². The maximum Gasteiger partial charge on any atom is 0.155 e. The Kier molecular flexibility index (Phi) is 1.58. The highest BCUT2D eigenvalue weighted by Gasteiger charge is 2.05. The quantitative estimate of drug-likeness (QED) is 0.626. The fraction of sp³-hybridized carbons (Fsp3) is 0.100. The summed E-state index contributed by atoms with van der Waals surface area (Å²) in [6, 6.07) is 4.09. The Morgan fingerprint density at radius 2 is 2.07 bits per heavy atom. The third kappa shape index (κ3) is 1.20. The van der Waals surface area contributed by atoms with E-state index in [0.29, 0.717) is 0 Å². The van der Waals surface area contributed by atoms with E-state index >= 15 is 0 Å². The van der Waals surface area contributed by atoms with Gasteiger partial charge in [0.25, 0.3) is 0 Å². The minimum atomic E-state index is 0.779. The molecule has 5 nitrogen and oxygen atoms in total. The van der Waals surface area contributed by atoms with E-state index < -0.39 is 0 Å². The molecular formula is C10H9N5. The number of nitrogens with zero attached hydrogens (tertiary/aromatic N) is 3. The third-order valence-corrected chi connectivity index (χ3v) is 2.43. The van der Waals surface area contributed by atoms with Gasteiger partial charge in [-0.25, -0.2) is 4.98 Å². The van der Waals surface area contributed by atoms with Crippen molar-refractivity contribution in [3.05, 3.63) is 30.2 Å². The molecule has 2 N–H and O–H groups in total. The van der Waals surface area contributed by atoms with Gasteiger partial charge in [-0.2, -0.15) is 10.2 Å². The number of hydrogen-bond acceptors (Lipinski definition) is 3. The van der Waals surface area contributed by atoms with Crippen molar-refractivity contribution in [1.82, 2.24) is 25.4 Å². The van der Waals surface area contributed by atoms with Gasteiger partial charge < -0.3 is 0 Å². The molecule has 3 rings (SSSR count). The lowest BCUT2D eigenvalue weighted by Crippen LogP contribution is -1.84. The summed E-state index contributed by atoms with van der Waals surface area (Å²) in [5, 5.41) is 14.7. The molecule has 1 aromatic carbocycles. The summed E-state index contributed by atoms with van der Waals surface area (Å²) >= 11 is 0. The summed E-state index contributed by atoms with van der Waals surface area (Å²) in [7, 11) is 0. The fourth-order valence-corrected chi connectivity index (χ4v) is 1.72. The molecule has 0 atom stereocenters. The van der Waals surface area contributed by atoms with E-state index in [1.807, 2.05) is 19.2 Å². The van der Waals surface area contributed by atoms with Crippen molar-refractivity contribution in [3.8, 4) is 11.4 Å². The molecule has 74 valence electrons. The molecule has 15 heavy (non-hydrogen) atoms. The molecule has 0 fully saturated rings. The highest BCUT2D eigenvalue weighted by Crippen LogP contribution is 2.23. The number of H-pyrrole nitrogens is 2. The number of nitrogens with one attached hydrogen (secondary N) is 2. The van der Waals surface area contributed by atoms with Crippen LogP contribution in [0.4, 0.5) is 0 Å². The topological polar surface area (TPSA) is 70.2 Å². The van der Waals surface area contributed by atoms with Crippen molar-refractivity contribution in [2.24, 2.45) is 0 Å². The Bertz CT molecular complexity index is 593. The van der Waals surface area contributed by atoms with Crippen LogP contribution in [0.2, 0.25) is 0 Å². The molecule has 0 amide bonds. The average molecular weight is 199 g/mol. The molecule has 0 aliphatic rings. The number of aromatic amines is 2. The van der Waals surface area contributed by atoms with Gasteiger partial charge >= 0.3 is 0 Å². The molecule has 0 bridgehead atoms. The molecule has 0 unspecified atom stereocenters. The van der Waals surface area contributed by atoms with Crippen LogP contribution in [0, 0.1) is 6.92 Å². The van der Waals surface area contributed by atoms with Crippen molar-refractivity contribution in [3.63, 3.8) is 0 Å². The van der Waals surface area contributed by atoms with E-state index in [-0.39, 0.29) is 0 Å². The van der Waals surface area contributed by atoms with Crippen LogP contribution in [-0.4, -0.2) is 25.4 Å². The summed E-state index contributed by atoms with van der Waals surface area (Å²) in [6.07, 6.45) is 3.31. The maximum atomic E-state index is 4.12. The van der Waals surface area contributed by atoms with E-state index in [4.69, 9.17) is 0 Å². The first-order valence-corrected chi connectivity index (χ1v) is 4.64. The predicted molar refractivity (Wildman–Crippen MR) is 56.2 cm³/mol. The Hall–Kier alpha value is -2.17. The Morgan fingerprint density at radius 3 is 2.87 bits per heavy atom. The summed E-state index contributed by atoms with van der Waals surface area (Å²) in [5.74, 6) is 0.779. The minimum absolute atomic E-state index is 0.779. The molecule has 0 saturated carbocycles. The standard InChI is InChI=1S/C10H9N5/c1-6-2-7(10-11-5-13-15-10)3-8-4-12-14-9(6)8/h2-5H,1H3,(H,12,14)(H,11,13,15). The van der Waals surface area contributed by atoms with Gasteiger partial charge in [0, 0.05) is 10.9 Å². The van der Waals surface area contributed by atoms with Crippen molar-refractivity contribution < 1.29 is 0 Å². The maximum absolute atomic E-state index is 4.12. The van der Waals surface area contributed by atoms with Crippen molar-refractivity contribution in [1.29, 1.82) is 0 Å². The van der Waals surface area contributed by atoms with Gasteiger partial charge in [0.15, 0.2) is 5.82 Å². The van der Waals surface area contributed by atoms with E-state index in [0.717, 1.165) is 27.9 Å². The van der Waals surface area contributed by atoms with Crippen LogP contribution in [0.5, 0.6) is 0 Å². The Balaban J connectivity index is 2.29. The van der Waals surface area contributed by atoms with Crippen molar-refractivity contribution >= 4 is 10.9 Å². The molecule has 0 aliphatic carbocycles. The lowest BCUT2D eigenvalue weighted by atomic mass is 10.1. The average Bonchev–Trinajstić information content (AvgIpc) is 2.88. The molecule has 2 heterocycles. The largest absolute Gasteiger partial charge is 0.278 e. The van der Waals surface area contributed by atoms with Crippen LogP contribution in [0.3, 0.4) is 0 Å². The number of aromatic nitrogens is 5. The summed E-state index contributed by atoms with van der Waals surface area (Å²) in [5.41, 5.74) is 3.24. The third-order valence-electron chi connectivity index (χ3n) is 2.43. The molecule has 5 heteroatoms. The number of benzene rings is 1. The summed E-state index contributed by atoms with van der Waals surface area (Å²) < 4.78 is 0. The van der Waals surface area contributed by atoms with E-state index in [1.54, 1.807) is 0 Å². The van der Waals surface area contributed by atoms with E-state index in [9.17, 15) is 0 Å². The SMILES string of the molecule is Cc1cc(-c2ncn[nH]2)cc2cn[nH]c12. The van der Waals surface area contributed by atoms with Crippen LogP contribution in [0.15, 0.2) is 24.7 Å². The Morgan fingerprint density at radius 1 is 1.13 bits per heavy atom. The molecule has 0 aliphatic heterocycles. The zero-order valence-corrected chi connectivity index (χ0v) is 8.15. The second-order valence-electron chi connectivity index (χ2n) is 3.46. The predicted octanol–water partition coefficient (Wildman–Crippen LogP) is 1.66. The lowest BCUT2D eigenvalue weighted by Gasteiger charge is -2.00. The van der Waals surface area contributed by atoms with Crippen molar-refractivity contribution in [2.45, 2.75) is 6.92 Å². The molecule has 0 radical (unpaired) electrons. The zero-order chi connectivity index (χ0) is 10.3. The summed E-state index contributed by atoms with van der Waals surface area (Å²) in [4.78, 5) is 4.12. The van der Waals surface area contributed by atoms with Gasteiger partial charge in [-0.1, -0.05) is 0 Å². The fourth-order valence-electron chi connectivity index (χ4n) is 1.72. The lowest BCUT2D eigenvalue weighted by molar-refractivity contribution is 1.09. The Labute approximate surface area is 85.5 Å². The van der Waals surface area contributed by atoms with Crippen LogP contribution in [0.25, 0.3) is 22.3 Å². The number of aryl methyl sites for hydroxylation is 1. The summed E-state index contributed by atoms with van der Waals surface area (Å²) in [6.45, 7) is 2.04. The smallest absolute Gasteiger partial charge is 0.155 e. The van der Waals surface area contributed by atoms with Gasteiger partial charge in [-0.05, 0) is 24.6 Å².